The van der Waals surface area contributed by atoms with Crippen LogP contribution in [-0.2, 0) is 9.53 Å². The van der Waals surface area contributed by atoms with Gasteiger partial charge in [-0.2, -0.15) is 11.8 Å². The Hall–Kier alpha value is -0.260. The first-order chi connectivity index (χ1) is 7.24. The molecule has 0 saturated heterocycles. The minimum Gasteiger partial charge on any atom is -0.380 e. The van der Waals surface area contributed by atoms with Crippen LogP contribution in [0.2, 0.25) is 0 Å². The van der Waals surface area contributed by atoms with Crippen molar-refractivity contribution in [3.05, 3.63) is 0 Å². The van der Waals surface area contributed by atoms with Crippen LogP contribution in [0.3, 0.4) is 0 Å². The lowest BCUT2D eigenvalue weighted by Crippen LogP contribution is -2.32. The Balaban J connectivity index is 3.40. The summed E-state index contributed by atoms with van der Waals surface area (Å²) in [7, 11) is 1.57. The van der Waals surface area contributed by atoms with Gasteiger partial charge in [-0.1, -0.05) is 0 Å². The number of carbonyl (C=O) groups excluding carboxylic acids is 1. The Bertz CT molecular complexity index is 164. The van der Waals surface area contributed by atoms with Crippen molar-refractivity contribution >= 4 is 17.7 Å². The Labute approximate surface area is 96.3 Å². The first kappa shape index (κ1) is 14.7. The number of nitrogens with one attached hydrogen (secondary N) is 1. The number of ether oxygens (including phenoxy) is 1. The lowest BCUT2D eigenvalue weighted by atomic mass is 10.2. The third-order valence-electron chi connectivity index (χ3n) is 2.11. The summed E-state index contributed by atoms with van der Waals surface area (Å²) in [5, 5.41) is 2.86. The van der Waals surface area contributed by atoms with Crippen molar-refractivity contribution in [3.63, 3.8) is 0 Å². The average Bonchev–Trinajstić information content (AvgIpc) is 2.25. The van der Waals surface area contributed by atoms with Gasteiger partial charge in [0.15, 0.2) is 0 Å². The molecule has 0 aliphatic rings. The number of hydrogen-bond acceptors (Lipinski definition) is 4. The second kappa shape index (κ2) is 10.3. The molecule has 0 rings (SSSR count). The van der Waals surface area contributed by atoms with Crippen LogP contribution < -0.4 is 11.1 Å². The van der Waals surface area contributed by atoms with Crippen molar-refractivity contribution in [2.45, 2.75) is 25.4 Å². The Morgan fingerprint density at radius 2 is 2.27 bits per heavy atom. The average molecular weight is 234 g/mol. The standard InChI is InChI=1S/C10H22N2O2S/c1-14-9(8-11)7-10(13)12-5-3-4-6-15-2/h9H,3-8,11H2,1-2H3,(H,12,13). The predicted molar refractivity (Wildman–Crippen MR) is 65.1 cm³/mol. The molecule has 15 heavy (non-hydrogen) atoms. The van der Waals surface area contributed by atoms with E-state index in [1.165, 1.54) is 0 Å². The van der Waals surface area contributed by atoms with Gasteiger partial charge in [0.05, 0.1) is 12.5 Å². The van der Waals surface area contributed by atoms with E-state index in [1.54, 1.807) is 7.11 Å². The van der Waals surface area contributed by atoms with E-state index in [0.717, 1.165) is 25.1 Å². The second-order valence-electron chi connectivity index (χ2n) is 3.35. The monoisotopic (exact) mass is 234 g/mol. The van der Waals surface area contributed by atoms with Gasteiger partial charge in [0.1, 0.15) is 0 Å². The summed E-state index contributed by atoms with van der Waals surface area (Å²) < 4.78 is 5.03. The number of hydrogen-bond donors (Lipinski definition) is 2. The molecule has 3 N–H and O–H groups in total. The number of thioether (sulfide) groups is 1. The Morgan fingerprint density at radius 3 is 2.80 bits per heavy atom. The molecule has 0 aromatic heterocycles. The van der Waals surface area contributed by atoms with E-state index >= 15 is 0 Å². The first-order valence-electron chi connectivity index (χ1n) is 5.23. The first-order valence-corrected chi connectivity index (χ1v) is 6.62. The van der Waals surface area contributed by atoms with Crippen LogP contribution in [0.4, 0.5) is 0 Å². The predicted octanol–water partition coefficient (Wildman–Crippen LogP) is 0.610. The lowest BCUT2D eigenvalue weighted by Gasteiger charge is -2.12. The maximum atomic E-state index is 11.4. The van der Waals surface area contributed by atoms with Crippen LogP contribution in [0.1, 0.15) is 19.3 Å². The molecule has 90 valence electrons. The highest BCUT2D eigenvalue weighted by molar-refractivity contribution is 7.98. The molecule has 0 aromatic carbocycles. The van der Waals surface area contributed by atoms with E-state index in [9.17, 15) is 4.79 Å². The van der Waals surface area contributed by atoms with Gasteiger partial charge in [-0.15, -0.1) is 0 Å². The van der Waals surface area contributed by atoms with Crippen LogP contribution in [0.5, 0.6) is 0 Å². The Morgan fingerprint density at radius 1 is 1.53 bits per heavy atom. The molecule has 0 aliphatic carbocycles. The maximum Gasteiger partial charge on any atom is 0.222 e. The lowest BCUT2D eigenvalue weighted by molar-refractivity contribution is -0.123. The second-order valence-corrected chi connectivity index (χ2v) is 4.33. The zero-order valence-electron chi connectivity index (χ0n) is 9.62. The normalized spacial score (nSPS) is 12.5. The Kier molecular flexibility index (Phi) is 10.1. The molecular weight excluding hydrogens is 212 g/mol. The summed E-state index contributed by atoms with van der Waals surface area (Å²) in [6, 6.07) is 0. The van der Waals surface area contributed by atoms with Gasteiger partial charge in [0.25, 0.3) is 0 Å². The van der Waals surface area contributed by atoms with Crippen LogP contribution in [0.15, 0.2) is 0 Å². The molecule has 0 aromatic rings. The van der Waals surface area contributed by atoms with Gasteiger partial charge in [-0.25, -0.2) is 0 Å². The summed E-state index contributed by atoms with van der Waals surface area (Å²) in [5.41, 5.74) is 5.42. The van der Waals surface area contributed by atoms with Crippen LogP contribution in [0, 0.1) is 0 Å². The molecule has 5 heteroatoms. The van der Waals surface area contributed by atoms with Crippen molar-refractivity contribution in [1.29, 1.82) is 0 Å². The molecular formula is C10H22N2O2S. The van der Waals surface area contributed by atoms with E-state index < -0.39 is 0 Å². The number of rotatable bonds is 9. The van der Waals surface area contributed by atoms with E-state index in [2.05, 4.69) is 11.6 Å². The summed E-state index contributed by atoms with van der Waals surface area (Å²) in [5.74, 6) is 1.18. The molecule has 1 atom stereocenters. The fourth-order valence-corrected chi connectivity index (χ4v) is 1.63. The highest BCUT2D eigenvalue weighted by atomic mass is 32.2. The van der Waals surface area contributed by atoms with Crippen LogP contribution in [0.25, 0.3) is 0 Å². The molecule has 0 spiro atoms. The van der Waals surface area contributed by atoms with Gasteiger partial charge in [-0.3, -0.25) is 4.79 Å². The zero-order chi connectivity index (χ0) is 11.5. The molecule has 0 saturated carbocycles. The molecule has 0 bridgehead atoms. The summed E-state index contributed by atoms with van der Waals surface area (Å²) in [4.78, 5) is 11.4. The van der Waals surface area contributed by atoms with Gasteiger partial charge >= 0.3 is 0 Å². The number of unbranched alkanes of at least 4 members (excludes halogenated alkanes) is 1. The van der Waals surface area contributed by atoms with Gasteiger partial charge in [0, 0.05) is 20.2 Å². The van der Waals surface area contributed by atoms with Crippen molar-refractivity contribution in [2.24, 2.45) is 5.73 Å². The summed E-state index contributed by atoms with van der Waals surface area (Å²) >= 11 is 1.83. The van der Waals surface area contributed by atoms with Crippen LogP contribution in [-0.4, -0.2) is 44.2 Å². The smallest absolute Gasteiger partial charge is 0.222 e. The van der Waals surface area contributed by atoms with E-state index in [0.29, 0.717) is 13.0 Å². The fraction of sp³-hybridized carbons (Fsp3) is 0.900. The molecule has 0 aliphatic heterocycles. The van der Waals surface area contributed by atoms with E-state index in [1.807, 2.05) is 11.8 Å². The highest BCUT2D eigenvalue weighted by Gasteiger charge is 2.10. The minimum atomic E-state index is -0.156. The molecule has 4 nitrogen and oxygen atoms in total. The fourth-order valence-electron chi connectivity index (χ4n) is 1.14. The van der Waals surface area contributed by atoms with Gasteiger partial charge < -0.3 is 15.8 Å². The van der Waals surface area contributed by atoms with Crippen LogP contribution >= 0.6 is 11.8 Å². The quantitative estimate of drug-likeness (QED) is 0.574. The van der Waals surface area contributed by atoms with E-state index in [-0.39, 0.29) is 12.0 Å². The van der Waals surface area contributed by atoms with Gasteiger partial charge in [-0.05, 0) is 24.9 Å². The third-order valence-corrected chi connectivity index (χ3v) is 2.80. The van der Waals surface area contributed by atoms with Crippen molar-refractivity contribution in [3.8, 4) is 0 Å². The minimum absolute atomic E-state index is 0.0245. The number of methoxy groups -OCH3 is 1. The molecule has 0 heterocycles. The van der Waals surface area contributed by atoms with Crippen molar-refractivity contribution < 1.29 is 9.53 Å². The molecule has 0 fully saturated rings. The zero-order valence-corrected chi connectivity index (χ0v) is 10.4. The SMILES string of the molecule is COC(CN)CC(=O)NCCCCSC. The molecule has 1 unspecified atom stereocenters. The summed E-state index contributed by atoms with van der Waals surface area (Å²) in [6.45, 7) is 1.14. The molecule has 1 amide bonds. The maximum absolute atomic E-state index is 11.4. The topological polar surface area (TPSA) is 64.3 Å². The largest absolute Gasteiger partial charge is 0.380 e. The number of nitrogens with two attached hydrogens (primary N) is 1. The van der Waals surface area contributed by atoms with Crippen molar-refractivity contribution in [2.75, 3.05) is 32.2 Å². The van der Waals surface area contributed by atoms with Gasteiger partial charge in [0.2, 0.25) is 5.91 Å². The third kappa shape index (κ3) is 8.72. The highest BCUT2D eigenvalue weighted by Crippen LogP contribution is 1.98. The summed E-state index contributed by atoms with van der Waals surface area (Å²) in [6.07, 6.45) is 4.47. The van der Waals surface area contributed by atoms with E-state index in [4.69, 9.17) is 10.5 Å². The van der Waals surface area contributed by atoms with Crippen molar-refractivity contribution in [1.82, 2.24) is 5.32 Å². The molecule has 0 radical (unpaired) electrons. The number of amides is 1. The number of carbonyl (C=O) groups is 1.